The minimum absolute atomic E-state index is 0.274. The number of esters is 2. The third-order valence-corrected chi connectivity index (χ3v) is 2.51. The molecule has 0 saturated heterocycles. The zero-order chi connectivity index (χ0) is 12.8. The van der Waals surface area contributed by atoms with Crippen LogP contribution in [0.4, 0.5) is 0 Å². The molecule has 0 aromatic rings. The molecule has 0 heterocycles. The summed E-state index contributed by atoms with van der Waals surface area (Å²) in [7, 11) is 0. The van der Waals surface area contributed by atoms with Crippen molar-refractivity contribution < 1.29 is 19.1 Å². The molecule has 94 valence electrons. The van der Waals surface area contributed by atoms with Crippen LogP contribution in [0.2, 0.25) is 0 Å². The summed E-state index contributed by atoms with van der Waals surface area (Å²) in [6.45, 7) is 7.99. The molecule has 1 unspecified atom stereocenters. The van der Waals surface area contributed by atoms with Gasteiger partial charge in [0.2, 0.25) is 0 Å². The summed E-state index contributed by atoms with van der Waals surface area (Å²) in [4.78, 5) is 23.2. The van der Waals surface area contributed by atoms with Crippen molar-refractivity contribution >= 4 is 11.9 Å². The highest BCUT2D eigenvalue weighted by molar-refractivity contribution is 5.90. The Kier molecular flexibility index (Phi) is 4.94. The predicted molar refractivity (Wildman–Crippen MR) is 63.2 cm³/mol. The van der Waals surface area contributed by atoms with E-state index in [-0.39, 0.29) is 17.9 Å². The van der Waals surface area contributed by atoms with Crippen LogP contribution in [0.3, 0.4) is 0 Å². The van der Waals surface area contributed by atoms with E-state index in [9.17, 15) is 9.59 Å². The Labute approximate surface area is 101 Å². The number of carbonyl (C=O) groups is 2. The first-order chi connectivity index (χ1) is 8.08. The molecule has 0 aromatic heterocycles. The molecular weight excluding hydrogens is 220 g/mol. The van der Waals surface area contributed by atoms with Crippen LogP contribution >= 0.6 is 0 Å². The molecule has 0 spiro atoms. The van der Waals surface area contributed by atoms with Gasteiger partial charge < -0.3 is 9.47 Å². The lowest BCUT2D eigenvalue weighted by atomic mass is 9.86. The summed E-state index contributed by atoms with van der Waals surface area (Å²) in [5, 5.41) is 0. The molecule has 0 aliphatic heterocycles. The highest BCUT2D eigenvalue weighted by Crippen LogP contribution is 2.28. The van der Waals surface area contributed by atoms with Crippen molar-refractivity contribution in [1.82, 2.24) is 0 Å². The second-order valence-corrected chi connectivity index (χ2v) is 3.91. The average Bonchev–Trinajstić information content (AvgIpc) is 2.29. The third-order valence-electron chi connectivity index (χ3n) is 2.51. The van der Waals surface area contributed by atoms with Crippen molar-refractivity contribution in [3.63, 3.8) is 0 Å². The molecular formula is C13H18O4. The summed E-state index contributed by atoms with van der Waals surface area (Å²) in [6, 6.07) is 0. The van der Waals surface area contributed by atoms with Crippen LogP contribution in [-0.4, -0.2) is 25.2 Å². The monoisotopic (exact) mass is 238 g/mol. The van der Waals surface area contributed by atoms with E-state index < -0.39 is 0 Å². The molecule has 1 aliphatic rings. The van der Waals surface area contributed by atoms with Crippen molar-refractivity contribution in [2.24, 2.45) is 5.92 Å². The zero-order valence-corrected chi connectivity index (χ0v) is 10.3. The summed E-state index contributed by atoms with van der Waals surface area (Å²) < 4.78 is 9.88. The predicted octanol–water partition coefficient (Wildman–Crippen LogP) is 2.01. The van der Waals surface area contributed by atoms with E-state index in [0.29, 0.717) is 31.6 Å². The van der Waals surface area contributed by atoms with E-state index in [4.69, 9.17) is 9.47 Å². The van der Waals surface area contributed by atoms with Gasteiger partial charge in [-0.2, -0.15) is 0 Å². The molecule has 0 N–H and O–H groups in total. The van der Waals surface area contributed by atoms with Crippen LogP contribution in [0.15, 0.2) is 23.8 Å². The number of hydrogen-bond donors (Lipinski definition) is 0. The van der Waals surface area contributed by atoms with E-state index in [0.717, 1.165) is 5.57 Å². The summed E-state index contributed by atoms with van der Waals surface area (Å²) in [5.41, 5.74) is 1.26. The summed E-state index contributed by atoms with van der Waals surface area (Å²) in [5.74, 6) is -0.960. The Morgan fingerprint density at radius 2 is 1.94 bits per heavy atom. The van der Waals surface area contributed by atoms with Gasteiger partial charge in [-0.3, -0.25) is 4.79 Å². The van der Waals surface area contributed by atoms with E-state index in [1.165, 1.54) is 0 Å². The van der Waals surface area contributed by atoms with Gasteiger partial charge in [-0.05, 0) is 32.8 Å². The minimum Gasteiger partial charge on any atom is -0.466 e. The molecule has 1 aliphatic carbocycles. The largest absolute Gasteiger partial charge is 0.466 e. The third kappa shape index (κ3) is 3.73. The van der Waals surface area contributed by atoms with Crippen molar-refractivity contribution in [3.8, 4) is 0 Å². The first-order valence-corrected chi connectivity index (χ1v) is 5.80. The molecule has 1 rings (SSSR count). The molecule has 0 amide bonds. The van der Waals surface area contributed by atoms with E-state index in [2.05, 4.69) is 6.58 Å². The van der Waals surface area contributed by atoms with Gasteiger partial charge in [0, 0.05) is 5.57 Å². The Bertz CT molecular complexity index is 354. The van der Waals surface area contributed by atoms with Gasteiger partial charge in [0.1, 0.15) is 0 Å². The van der Waals surface area contributed by atoms with Crippen LogP contribution in [0.25, 0.3) is 0 Å². The van der Waals surface area contributed by atoms with Crippen LogP contribution in [0, 0.1) is 5.92 Å². The maximum atomic E-state index is 11.6. The Morgan fingerprint density at radius 3 is 2.53 bits per heavy atom. The molecule has 0 aromatic carbocycles. The van der Waals surface area contributed by atoms with Gasteiger partial charge in [-0.15, -0.1) is 0 Å². The van der Waals surface area contributed by atoms with E-state index in [1.54, 1.807) is 19.9 Å². The molecule has 4 nitrogen and oxygen atoms in total. The number of rotatable bonds is 4. The summed E-state index contributed by atoms with van der Waals surface area (Å²) in [6.07, 6.45) is 2.62. The lowest BCUT2D eigenvalue weighted by Gasteiger charge is -2.21. The lowest BCUT2D eigenvalue weighted by Crippen LogP contribution is -2.24. The smallest absolute Gasteiger partial charge is 0.334 e. The Balaban J connectivity index is 2.72. The SMILES string of the molecule is C=C1C=C(C(=O)OCC)CC(C(=O)OCC)C1. The van der Waals surface area contributed by atoms with Crippen molar-refractivity contribution in [2.45, 2.75) is 26.7 Å². The van der Waals surface area contributed by atoms with Crippen LogP contribution in [0.1, 0.15) is 26.7 Å². The van der Waals surface area contributed by atoms with Gasteiger partial charge in [0.25, 0.3) is 0 Å². The van der Waals surface area contributed by atoms with Gasteiger partial charge in [-0.1, -0.05) is 12.2 Å². The van der Waals surface area contributed by atoms with E-state index >= 15 is 0 Å². The molecule has 0 radical (unpaired) electrons. The number of ether oxygens (including phenoxy) is 2. The first-order valence-electron chi connectivity index (χ1n) is 5.80. The lowest BCUT2D eigenvalue weighted by molar-refractivity contribution is -0.148. The van der Waals surface area contributed by atoms with Gasteiger partial charge in [0.05, 0.1) is 19.1 Å². The number of hydrogen-bond acceptors (Lipinski definition) is 4. The Morgan fingerprint density at radius 1 is 1.29 bits per heavy atom. The van der Waals surface area contributed by atoms with Crippen LogP contribution in [0.5, 0.6) is 0 Å². The standard InChI is InChI=1S/C13H18O4/c1-4-16-12(14)10-6-9(3)7-11(8-10)13(15)17-5-2/h6,11H,3-5,7-8H2,1-2H3. The fourth-order valence-corrected chi connectivity index (χ4v) is 1.81. The normalized spacial score (nSPS) is 19.5. The molecule has 0 bridgehead atoms. The van der Waals surface area contributed by atoms with Crippen molar-refractivity contribution in [3.05, 3.63) is 23.8 Å². The van der Waals surface area contributed by atoms with Crippen molar-refractivity contribution in [1.29, 1.82) is 0 Å². The van der Waals surface area contributed by atoms with Gasteiger partial charge >= 0.3 is 11.9 Å². The zero-order valence-electron chi connectivity index (χ0n) is 10.3. The summed E-state index contributed by atoms with van der Waals surface area (Å²) >= 11 is 0. The second-order valence-electron chi connectivity index (χ2n) is 3.91. The van der Waals surface area contributed by atoms with Gasteiger partial charge in [0.15, 0.2) is 0 Å². The quantitative estimate of drug-likeness (QED) is 0.703. The molecule has 17 heavy (non-hydrogen) atoms. The maximum absolute atomic E-state index is 11.6. The maximum Gasteiger partial charge on any atom is 0.334 e. The average molecular weight is 238 g/mol. The minimum atomic E-state index is -0.373. The van der Waals surface area contributed by atoms with Crippen LogP contribution < -0.4 is 0 Å². The molecule has 4 heteroatoms. The van der Waals surface area contributed by atoms with Crippen molar-refractivity contribution in [2.75, 3.05) is 13.2 Å². The fourth-order valence-electron chi connectivity index (χ4n) is 1.81. The van der Waals surface area contributed by atoms with E-state index in [1.807, 2.05) is 0 Å². The number of carbonyl (C=O) groups excluding carboxylic acids is 2. The van der Waals surface area contributed by atoms with Gasteiger partial charge in [-0.25, -0.2) is 4.79 Å². The molecule has 0 saturated carbocycles. The first kappa shape index (κ1) is 13.5. The highest BCUT2D eigenvalue weighted by atomic mass is 16.5. The topological polar surface area (TPSA) is 52.6 Å². The molecule has 0 fully saturated rings. The Hall–Kier alpha value is -1.58. The fraction of sp³-hybridized carbons (Fsp3) is 0.538. The highest BCUT2D eigenvalue weighted by Gasteiger charge is 2.28. The van der Waals surface area contributed by atoms with Crippen LogP contribution in [-0.2, 0) is 19.1 Å². The molecule has 1 atom stereocenters. The second kappa shape index (κ2) is 6.23. The number of allylic oxidation sites excluding steroid dienone is 2.